The molecule has 0 saturated carbocycles. The maximum Gasteiger partial charge on any atom is 0.222 e. The van der Waals surface area contributed by atoms with E-state index in [1.165, 1.54) is 0 Å². The molecule has 1 aromatic heterocycles. The summed E-state index contributed by atoms with van der Waals surface area (Å²) >= 11 is 5.93. The van der Waals surface area contributed by atoms with Crippen LogP contribution in [0.2, 0.25) is 5.15 Å². The van der Waals surface area contributed by atoms with Crippen LogP contribution in [0.25, 0.3) is 0 Å². The van der Waals surface area contributed by atoms with E-state index in [1.54, 1.807) is 6.07 Å². The lowest BCUT2D eigenvalue weighted by atomic mass is 9.85. The standard InChI is InChI=1S/C14H20ClN3O/c1-10-8-11(15)17-12(16-10)9-18-7-6-14(2,3)5-4-13(18)19/h8H,4-7,9H2,1-3H3. The van der Waals surface area contributed by atoms with Crippen LogP contribution in [0.3, 0.4) is 0 Å². The Labute approximate surface area is 119 Å². The highest BCUT2D eigenvalue weighted by atomic mass is 35.5. The molecule has 0 spiro atoms. The van der Waals surface area contributed by atoms with Gasteiger partial charge in [0.05, 0.1) is 6.54 Å². The summed E-state index contributed by atoms with van der Waals surface area (Å²) in [7, 11) is 0. The molecule has 5 heteroatoms. The summed E-state index contributed by atoms with van der Waals surface area (Å²) in [5.41, 5.74) is 1.06. The quantitative estimate of drug-likeness (QED) is 0.783. The number of aromatic nitrogens is 2. The fourth-order valence-electron chi connectivity index (χ4n) is 2.29. The minimum Gasteiger partial charge on any atom is -0.335 e. The first-order chi connectivity index (χ1) is 8.85. The summed E-state index contributed by atoms with van der Waals surface area (Å²) in [5.74, 6) is 0.810. The van der Waals surface area contributed by atoms with Crippen LogP contribution < -0.4 is 0 Å². The first-order valence-electron chi connectivity index (χ1n) is 6.64. The zero-order chi connectivity index (χ0) is 14.0. The number of carbonyl (C=O) groups is 1. The van der Waals surface area contributed by atoms with Gasteiger partial charge in [0.2, 0.25) is 5.91 Å². The van der Waals surface area contributed by atoms with Crippen LogP contribution in [-0.2, 0) is 11.3 Å². The summed E-state index contributed by atoms with van der Waals surface area (Å²) < 4.78 is 0. The molecule has 4 nitrogen and oxygen atoms in total. The fourth-order valence-corrected chi connectivity index (χ4v) is 2.54. The molecule has 0 atom stereocenters. The number of rotatable bonds is 2. The molecule has 0 bridgehead atoms. The van der Waals surface area contributed by atoms with Crippen LogP contribution in [0.4, 0.5) is 0 Å². The Bertz CT molecular complexity index is 467. The molecule has 1 amide bonds. The summed E-state index contributed by atoms with van der Waals surface area (Å²) in [6.45, 7) is 7.52. The minimum atomic E-state index is 0.187. The van der Waals surface area contributed by atoms with Crippen LogP contribution in [0.5, 0.6) is 0 Å². The van der Waals surface area contributed by atoms with Gasteiger partial charge in [-0.05, 0) is 31.2 Å². The Balaban J connectivity index is 2.11. The van der Waals surface area contributed by atoms with Crippen molar-refractivity contribution in [2.45, 2.75) is 46.6 Å². The molecule has 1 saturated heterocycles. The van der Waals surface area contributed by atoms with Gasteiger partial charge < -0.3 is 4.90 Å². The van der Waals surface area contributed by atoms with Crippen molar-refractivity contribution in [2.24, 2.45) is 5.41 Å². The third kappa shape index (κ3) is 3.90. The van der Waals surface area contributed by atoms with E-state index in [0.717, 1.165) is 25.1 Å². The lowest BCUT2D eigenvalue weighted by Gasteiger charge is -2.23. The molecule has 104 valence electrons. The Hall–Kier alpha value is -1.16. The van der Waals surface area contributed by atoms with Gasteiger partial charge in [-0.2, -0.15) is 0 Å². The van der Waals surface area contributed by atoms with Gasteiger partial charge in [-0.3, -0.25) is 4.79 Å². The SMILES string of the molecule is Cc1cc(Cl)nc(CN2CCC(C)(C)CCC2=O)n1. The molecule has 1 aromatic rings. The normalized spacial score (nSPS) is 19.4. The summed E-state index contributed by atoms with van der Waals surface area (Å²) in [4.78, 5) is 22.5. The highest BCUT2D eigenvalue weighted by Crippen LogP contribution is 2.30. The van der Waals surface area contributed by atoms with E-state index in [9.17, 15) is 4.79 Å². The smallest absolute Gasteiger partial charge is 0.222 e. The Kier molecular flexibility index (Phi) is 4.09. The van der Waals surface area contributed by atoms with Gasteiger partial charge in [0.1, 0.15) is 11.0 Å². The van der Waals surface area contributed by atoms with E-state index in [1.807, 2.05) is 11.8 Å². The Morgan fingerprint density at radius 1 is 1.37 bits per heavy atom. The van der Waals surface area contributed by atoms with Crippen molar-refractivity contribution in [3.05, 3.63) is 22.7 Å². The molecular weight excluding hydrogens is 262 g/mol. The molecule has 2 rings (SSSR count). The number of carbonyl (C=O) groups excluding carboxylic acids is 1. The first-order valence-corrected chi connectivity index (χ1v) is 7.01. The van der Waals surface area contributed by atoms with Crippen LogP contribution in [0.15, 0.2) is 6.07 Å². The Morgan fingerprint density at radius 2 is 2.11 bits per heavy atom. The number of hydrogen-bond acceptors (Lipinski definition) is 3. The van der Waals surface area contributed by atoms with Crippen molar-refractivity contribution in [2.75, 3.05) is 6.54 Å². The van der Waals surface area contributed by atoms with Crippen LogP contribution in [0, 0.1) is 12.3 Å². The molecule has 1 aliphatic heterocycles. The molecule has 1 aliphatic rings. The average molecular weight is 282 g/mol. The summed E-state index contributed by atoms with van der Waals surface area (Å²) in [6.07, 6.45) is 2.56. The number of nitrogens with zero attached hydrogens (tertiary/aromatic N) is 3. The van der Waals surface area contributed by atoms with Crippen molar-refractivity contribution < 1.29 is 4.79 Å². The fraction of sp³-hybridized carbons (Fsp3) is 0.643. The van der Waals surface area contributed by atoms with E-state index in [2.05, 4.69) is 23.8 Å². The van der Waals surface area contributed by atoms with Gasteiger partial charge in [0, 0.05) is 18.7 Å². The highest BCUT2D eigenvalue weighted by Gasteiger charge is 2.27. The van der Waals surface area contributed by atoms with E-state index < -0.39 is 0 Å². The molecule has 0 aliphatic carbocycles. The third-order valence-electron chi connectivity index (χ3n) is 3.63. The molecule has 2 heterocycles. The molecule has 0 aromatic carbocycles. The van der Waals surface area contributed by atoms with E-state index in [4.69, 9.17) is 11.6 Å². The molecule has 19 heavy (non-hydrogen) atoms. The van der Waals surface area contributed by atoms with Crippen molar-refractivity contribution in [1.82, 2.24) is 14.9 Å². The lowest BCUT2D eigenvalue weighted by molar-refractivity contribution is -0.131. The highest BCUT2D eigenvalue weighted by molar-refractivity contribution is 6.29. The number of aryl methyl sites for hydroxylation is 1. The second-order valence-electron chi connectivity index (χ2n) is 5.98. The van der Waals surface area contributed by atoms with E-state index in [-0.39, 0.29) is 11.3 Å². The number of hydrogen-bond donors (Lipinski definition) is 0. The third-order valence-corrected chi connectivity index (χ3v) is 3.82. The number of likely N-dealkylation sites (tertiary alicyclic amines) is 1. The van der Waals surface area contributed by atoms with Gasteiger partial charge >= 0.3 is 0 Å². The molecule has 0 N–H and O–H groups in total. The number of halogens is 1. The average Bonchev–Trinajstić information content (AvgIpc) is 2.41. The first kappa shape index (κ1) is 14.3. The number of amides is 1. The largest absolute Gasteiger partial charge is 0.335 e. The zero-order valence-corrected chi connectivity index (χ0v) is 12.5. The van der Waals surface area contributed by atoms with Gasteiger partial charge in [-0.25, -0.2) is 9.97 Å². The molecule has 1 fully saturated rings. The van der Waals surface area contributed by atoms with Gasteiger partial charge in [0.15, 0.2) is 0 Å². The predicted molar refractivity (Wildman–Crippen MR) is 74.8 cm³/mol. The van der Waals surface area contributed by atoms with Crippen molar-refractivity contribution >= 4 is 17.5 Å². The monoisotopic (exact) mass is 281 g/mol. The lowest BCUT2D eigenvalue weighted by Crippen LogP contribution is -2.31. The molecule has 0 unspecified atom stereocenters. The molecular formula is C14H20ClN3O. The second kappa shape index (κ2) is 5.45. The van der Waals surface area contributed by atoms with E-state index in [0.29, 0.717) is 23.9 Å². The zero-order valence-electron chi connectivity index (χ0n) is 11.7. The maximum absolute atomic E-state index is 12.1. The van der Waals surface area contributed by atoms with Crippen LogP contribution in [0.1, 0.15) is 44.6 Å². The van der Waals surface area contributed by atoms with Gasteiger partial charge in [0.25, 0.3) is 0 Å². The predicted octanol–water partition coefficient (Wildman–Crippen LogP) is 2.98. The van der Waals surface area contributed by atoms with Gasteiger partial charge in [-0.1, -0.05) is 25.4 Å². The summed E-state index contributed by atoms with van der Waals surface area (Å²) in [5, 5.41) is 0.435. The second-order valence-corrected chi connectivity index (χ2v) is 6.37. The van der Waals surface area contributed by atoms with Crippen molar-refractivity contribution in [1.29, 1.82) is 0 Å². The van der Waals surface area contributed by atoms with E-state index >= 15 is 0 Å². The minimum absolute atomic E-state index is 0.187. The van der Waals surface area contributed by atoms with Crippen molar-refractivity contribution in [3.63, 3.8) is 0 Å². The van der Waals surface area contributed by atoms with Crippen molar-refractivity contribution in [3.8, 4) is 0 Å². The Morgan fingerprint density at radius 3 is 2.79 bits per heavy atom. The molecule has 0 radical (unpaired) electrons. The summed E-state index contributed by atoms with van der Waals surface area (Å²) in [6, 6.07) is 1.72. The van der Waals surface area contributed by atoms with Gasteiger partial charge in [-0.15, -0.1) is 0 Å². The van der Waals surface area contributed by atoms with Crippen LogP contribution >= 0.6 is 11.6 Å². The topological polar surface area (TPSA) is 46.1 Å². The van der Waals surface area contributed by atoms with Crippen LogP contribution in [-0.4, -0.2) is 27.3 Å². The maximum atomic E-state index is 12.1.